The molecule has 0 fully saturated rings. The molecule has 1 aromatic heterocycles. The molecule has 2 rings (SSSR count). The number of hydrogen-bond acceptors (Lipinski definition) is 3. The van der Waals surface area contributed by atoms with Crippen molar-refractivity contribution in [3.8, 4) is 17.2 Å². The molecule has 0 saturated heterocycles. The second-order valence-corrected chi connectivity index (χ2v) is 2.97. The summed E-state index contributed by atoms with van der Waals surface area (Å²) >= 11 is 0. The molecule has 0 N–H and O–H groups in total. The van der Waals surface area contributed by atoms with Gasteiger partial charge in [0.1, 0.15) is 17.2 Å². The third-order valence-corrected chi connectivity index (χ3v) is 1.93. The van der Waals surface area contributed by atoms with E-state index in [-0.39, 0.29) is 0 Å². The first-order valence-electron chi connectivity index (χ1n) is 4.60. The quantitative estimate of drug-likeness (QED) is 0.765. The molecule has 0 amide bonds. The molecule has 0 unspecified atom stereocenters. The summed E-state index contributed by atoms with van der Waals surface area (Å²) in [5.41, 5.74) is 0. The molecule has 1 heterocycles. The summed E-state index contributed by atoms with van der Waals surface area (Å²) in [7, 11) is 1.64. The number of rotatable bonds is 3. The van der Waals surface area contributed by atoms with Crippen LogP contribution in [0.5, 0.6) is 17.2 Å². The van der Waals surface area contributed by atoms with Crippen LogP contribution in [-0.2, 0) is 0 Å². The van der Waals surface area contributed by atoms with Crippen LogP contribution in [-0.4, -0.2) is 12.1 Å². The van der Waals surface area contributed by atoms with Crippen molar-refractivity contribution in [3.63, 3.8) is 0 Å². The van der Waals surface area contributed by atoms with Crippen molar-refractivity contribution >= 4 is 0 Å². The number of nitrogens with zero attached hydrogens (tertiary/aromatic N) is 1. The summed E-state index contributed by atoms with van der Waals surface area (Å²) in [4.78, 5) is 3.96. The summed E-state index contributed by atoms with van der Waals surface area (Å²) in [6.07, 6.45) is 3.38. The molecule has 0 atom stereocenters. The van der Waals surface area contributed by atoms with Crippen molar-refractivity contribution in [3.05, 3.63) is 48.8 Å². The summed E-state index contributed by atoms with van der Waals surface area (Å²) < 4.78 is 10.6. The number of aromatic nitrogens is 1. The second-order valence-electron chi connectivity index (χ2n) is 2.97. The van der Waals surface area contributed by atoms with Crippen LogP contribution < -0.4 is 9.47 Å². The van der Waals surface area contributed by atoms with Crippen LogP contribution in [0.15, 0.2) is 48.8 Å². The molecule has 0 aliphatic rings. The van der Waals surface area contributed by atoms with Crippen LogP contribution in [0.4, 0.5) is 0 Å². The Morgan fingerprint density at radius 1 is 0.933 bits per heavy atom. The van der Waals surface area contributed by atoms with Crippen LogP contribution >= 0.6 is 0 Å². The molecular formula is C12H11NO2. The van der Waals surface area contributed by atoms with E-state index in [9.17, 15) is 0 Å². The van der Waals surface area contributed by atoms with Gasteiger partial charge in [0.15, 0.2) is 0 Å². The van der Waals surface area contributed by atoms with E-state index in [1.54, 1.807) is 19.5 Å². The molecule has 1 aromatic carbocycles. The number of methoxy groups -OCH3 is 1. The summed E-state index contributed by atoms with van der Waals surface area (Å²) in [5.74, 6) is 2.31. The van der Waals surface area contributed by atoms with Gasteiger partial charge in [-0.2, -0.15) is 0 Å². The highest BCUT2D eigenvalue weighted by atomic mass is 16.5. The molecule has 0 bridgehead atoms. The van der Waals surface area contributed by atoms with Crippen molar-refractivity contribution < 1.29 is 9.47 Å². The van der Waals surface area contributed by atoms with Gasteiger partial charge in [0.25, 0.3) is 0 Å². The van der Waals surface area contributed by atoms with E-state index in [4.69, 9.17) is 9.47 Å². The fourth-order valence-corrected chi connectivity index (χ4v) is 1.19. The van der Waals surface area contributed by atoms with Crippen molar-refractivity contribution in [1.29, 1.82) is 0 Å². The average Bonchev–Trinajstić information content (AvgIpc) is 2.31. The lowest BCUT2D eigenvalue weighted by Gasteiger charge is -2.05. The lowest BCUT2D eigenvalue weighted by atomic mass is 10.3. The predicted molar refractivity (Wildman–Crippen MR) is 57.3 cm³/mol. The first-order chi connectivity index (χ1) is 7.38. The van der Waals surface area contributed by atoms with Gasteiger partial charge < -0.3 is 9.47 Å². The van der Waals surface area contributed by atoms with Gasteiger partial charge in [-0.15, -0.1) is 0 Å². The topological polar surface area (TPSA) is 31.4 Å². The Morgan fingerprint density at radius 2 is 1.67 bits per heavy atom. The van der Waals surface area contributed by atoms with Crippen molar-refractivity contribution in [2.45, 2.75) is 0 Å². The third kappa shape index (κ3) is 2.47. The minimum Gasteiger partial charge on any atom is -0.497 e. The molecule has 0 spiro atoms. The zero-order chi connectivity index (χ0) is 10.5. The smallest absolute Gasteiger partial charge is 0.145 e. The van der Waals surface area contributed by atoms with Gasteiger partial charge in [0.2, 0.25) is 0 Å². The Balaban J connectivity index is 2.11. The summed E-state index contributed by atoms with van der Waals surface area (Å²) in [5, 5.41) is 0. The molecular weight excluding hydrogens is 190 g/mol. The maximum Gasteiger partial charge on any atom is 0.145 e. The second kappa shape index (κ2) is 4.46. The lowest BCUT2D eigenvalue weighted by molar-refractivity contribution is 0.413. The van der Waals surface area contributed by atoms with Gasteiger partial charge in [-0.1, -0.05) is 0 Å². The van der Waals surface area contributed by atoms with Gasteiger partial charge >= 0.3 is 0 Å². The summed E-state index contributed by atoms with van der Waals surface area (Å²) in [6.45, 7) is 0. The highest BCUT2D eigenvalue weighted by Crippen LogP contribution is 2.22. The van der Waals surface area contributed by atoms with Crippen LogP contribution in [0.2, 0.25) is 0 Å². The van der Waals surface area contributed by atoms with Crippen molar-refractivity contribution in [1.82, 2.24) is 4.98 Å². The zero-order valence-electron chi connectivity index (χ0n) is 8.38. The Labute approximate surface area is 88.3 Å². The van der Waals surface area contributed by atoms with Gasteiger partial charge in [-0.05, 0) is 36.4 Å². The minimum atomic E-state index is 0.725. The molecule has 0 radical (unpaired) electrons. The number of ether oxygens (including phenoxy) is 2. The highest BCUT2D eigenvalue weighted by molar-refractivity contribution is 5.34. The van der Waals surface area contributed by atoms with Gasteiger partial charge in [0.05, 0.1) is 13.3 Å². The molecule has 0 aliphatic carbocycles. The Bertz CT molecular complexity index is 411. The largest absolute Gasteiger partial charge is 0.497 e. The average molecular weight is 201 g/mol. The molecule has 76 valence electrons. The normalized spacial score (nSPS) is 9.67. The standard InChI is InChI=1S/C12H11NO2/c1-14-10-4-6-11(7-5-10)15-12-3-2-8-13-9-12/h2-9H,1H3. The maximum absolute atomic E-state index is 5.56. The molecule has 15 heavy (non-hydrogen) atoms. The van der Waals surface area contributed by atoms with Gasteiger partial charge in [0, 0.05) is 6.20 Å². The van der Waals surface area contributed by atoms with Crippen LogP contribution in [0, 0.1) is 0 Å². The third-order valence-electron chi connectivity index (χ3n) is 1.93. The first kappa shape index (κ1) is 9.52. The molecule has 3 heteroatoms. The van der Waals surface area contributed by atoms with E-state index >= 15 is 0 Å². The minimum absolute atomic E-state index is 0.725. The van der Waals surface area contributed by atoms with E-state index in [2.05, 4.69) is 4.98 Å². The van der Waals surface area contributed by atoms with E-state index in [0.29, 0.717) is 0 Å². The van der Waals surface area contributed by atoms with E-state index in [1.165, 1.54) is 0 Å². The number of hydrogen-bond donors (Lipinski definition) is 0. The van der Waals surface area contributed by atoms with Crippen LogP contribution in [0.1, 0.15) is 0 Å². The fraction of sp³-hybridized carbons (Fsp3) is 0.0833. The van der Waals surface area contributed by atoms with E-state index < -0.39 is 0 Å². The van der Waals surface area contributed by atoms with Gasteiger partial charge in [-0.3, -0.25) is 4.98 Å². The molecule has 3 nitrogen and oxygen atoms in total. The van der Waals surface area contributed by atoms with Crippen molar-refractivity contribution in [2.75, 3.05) is 7.11 Å². The van der Waals surface area contributed by atoms with E-state index in [1.807, 2.05) is 36.4 Å². The first-order valence-corrected chi connectivity index (χ1v) is 4.60. The van der Waals surface area contributed by atoms with E-state index in [0.717, 1.165) is 17.2 Å². The summed E-state index contributed by atoms with van der Waals surface area (Å²) in [6, 6.07) is 11.1. The molecule has 0 saturated carbocycles. The van der Waals surface area contributed by atoms with Crippen molar-refractivity contribution in [2.24, 2.45) is 0 Å². The highest BCUT2D eigenvalue weighted by Gasteiger charge is 1.96. The predicted octanol–water partition coefficient (Wildman–Crippen LogP) is 2.88. The zero-order valence-corrected chi connectivity index (χ0v) is 8.38. The monoisotopic (exact) mass is 201 g/mol. The SMILES string of the molecule is COc1ccc(Oc2cccnc2)cc1. The Kier molecular flexibility index (Phi) is 2.83. The van der Waals surface area contributed by atoms with Crippen LogP contribution in [0.25, 0.3) is 0 Å². The lowest BCUT2D eigenvalue weighted by Crippen LogP contribution is -1.85. The van der Waals surface area contributed by atoms with Crippen LogP contribution in [0.3, 0.4) is 0 Å². The van der Waals surface area contributed by atoms with Gasteiger partial charge in [-0.25, -0.2) is 0 Å². The molecule has 2 aromatic rings. The maximum atomic E-state index is 5.56. The Morgan fingerprint density at radius 3 is 2.27 bits per heavy atom. The number of pyridine rings is 1. The fourth-order valence-electron chi connectivity index (χ4n) is 1.19. The Hall–Kier alpha value is -2.03. The molecule has 0 aliphatic heterocycles. The number of benzene rings is 1.